The summed E-state index contributed by atoms with van der Waals surface area (Å²) in [6.45, 7) is 4.65. The monoisotopic (exact) mass is 320 g/mol. The van der Waals surface area contributed by atoms with Crippen LogP contribution in [0.1, 0.15) is 58.8 Å². The fraction of sp³-hybridized carbons (Fsp3) is 0.867. The second-order valence-electron chi connectivity index (χ2n) is 5.73. The van der Waals surface area contributed by atoms with Crippen LogP contribution in [0.5, 0.6) is 0 Å². The van der Waals surface area contributed by atoms with Crippen LogP contribution in [0.3, 0.4) is 0 Å². The lowest BCUT2D eigenvalue weighted by Crippen LogP contribution is -2.14. The molecule has 0 N–H and O–H groups in total. The van der Waals surface area contributed by atoms with Crippen LogP contribution in [-0.2, 0) is 24.2 Å². The summed E-state index contributed by atoms with van der Waals surface area (Å²) in [5, 5.41) is 0. The Morgan fingerprint density at radius 1 is 0.905 bits per heavy atom. The molecule has 0 amide bonds. The second-order valence-corrected chi connectivity index (χ2v) is 7.87. The number of ether oxygens (including phenoxy) is 1. The Hall–Kier alpha value is -0.750. The Bertz CT molecular complexity index is 412. The summed E-state index contributed by atoms with van der Waals surface area (Å²) >= 11 is 0. The van der Waals surface area contributed by atoms with Gasteiger partial charge in [-0.1, -0.05) is 0 Å². The Morgan fingerprint density at radius 3 is 1.86 bits per heavy atom. The van der Waals surface area contributed by atoms with E-state index in [0.717, 1.165) is 19.1 Å². The summed E-state index contributed by atoms with van der Waals surface area (Å²) < 4.78 is 27.2. The largest absolute Gasteiger partial charge is 0.379 e. The van der Waals surface area contributed by atoms with Gasteiger partial charge in [-0.05, 0) is 39.5 Å². The molecule has 0 saturated heterocycles. The zero-order valence-electron chi connectivity index (χ0n) is 13.4. The number of rotatable bonds is 13. The zero-order chi connectivity index (χ0) is 16.3. The van der Waals surface area contributed by atoms with Crippen LogP contribution in [0.2, 0.25) is 0 Å². The van der Waals surface area contributed by atoms with Gasteiger partial charge in [0.1, 0.15) is 17.3 Å². The molecule has 0 aliphatic heterocycles. The highest BCUT2D eigenvalue weighted by atomic mass is 32.2. The van der Waals surface area contributed by atoms with Gasteiger partial charge < -0.3 is 4.74 Å². The van der Waals surface area contributed by atoms with Gasteiger partial charge in [-0.15, -0.1) is 0 Å². The molecule has 0 fully saturated rings. The fourth-order valence-electron chi connectivity index (χ4n) is 1.88. The lowest BCUT2D eigenvalue weighted by atomic mass is 10.1. The van der Waals surface area contributed by atoms with Crippen molar-refractivity contribution in [2.24, 2.45) is 0 Å². The molecule has 0 aliphatic carbocycles. The van der Waals surface area contributed by atoms with Crippen LogP contribution in [0.25, 0.3) is 0 Å². The Morgan fingerprint density at radius 2 is 1.38 bits per heavy atom. The minimum atomic E-state index is -3.23. The molecule has 0 bridgehead atoms. The normalized spacial score (nSPS) is 11.8. The topological polar surface area (TPSA) is 77.5 Å². The van der Waals surface area contributed by atoms with E-state index in [0.29, 0.717) is 32.3 Å². The van der Waals surface area contributed by atoms with Crippen LogP contribution in [0.4, 0.5) is 0 Å². The molecule has 0 unspecified atom stereocenters. The standard InChI is InChI=1S/C15H28O5S/c1-13(2)20-11-7-6-9-14(16)8-4-5-10-15(17)12-21(3,18)19/h13H,4-12H2,1-3H3. The fourth-order valence-corrected chi connectivity index (χ4v) is 2.61. The van der Waals surface area contributed by atoms with Crippen molar-refractivity contribution in [1.29, 1.82) is 0 Å². The van der Waals surface area contributed by atoms with Crippen molar-refractivity contribution >= 4 is 21.4 Å². The first-order chi connectivity index (χ1) is 9.70. The number of unbranched alkanes of at least 4 members (excludes halogenated alkanes) is 2. The van der Waals surface area contributed by atoms with Gasteiger partial charge in [-0.2, -0.15) is 0 Å². The number of Topliss-reactive ketones (excluding diaryl/α,β-unsaturated/α-hetero) is 2. The van der Waals surface area contributed by atoms with Crippen molar-refractivity contribution in [3.63, 3.8) is 0 Å². The smallest absolute Gasteiger partial charge is 0.154 e. The van der Waals surface area contributed by atoms with E-state index in [1.807, 2.05) is 13.8 Å². The van der Waals surface area contributed by atoms with Gasteiger partial charge in [0.2, 0.25) is 0 Å². The molecule has 21 heavy (non-hydrogen) atoms. The molecule has 0 aromatic carbocycles. The van der Waals surface area contributed by atoms with Crippen molar-refractivity contribution in [1.82, 2.24) is 0 Å². The van der Waals surface area contributed by atoms with Crippen molar-refractivity contribution < 1.29 is 22.7 Å². The molecule has 0 atom stereocenters. The molecule has 6 heteroatoms. The Kier molecular flexibility index (Phi) is 10.5. The van der Waals surface area contributed by atoms with E-state index in [-0.39, 0.29) is 24.1 Å². The molecule has 0 aliphatic rings. The molecule has 0 radical (unpaired) electrons. The zero-order valence-corrected chi connectivity index (χ0v) is 14.2. The quantitative estimate of drug-likeness (QED) is 0.487. The number of carbonyl (C=O) groups excluding carboxylic acids is 2. The van der Waals surface area contributed by atoms with Gasteiger partial charge in [0.25, 0.3) is 0 Å². The summed E-state index contributed by atoms with van der Waals surface area (Å²) in [5.41, 5.74) is 0. The lowest BCUT2D eigenvalue weighted by Gasteiger charge is -2.06. The third-order valence-corrected chi connectivity index (χ3v) is 3.73. The van der Waals surface area contributed by atoms with Crippen LogP contribution < -0.4 is 0 Å². The van der Waals surface area contributed by atoms with E-state index in [9.17, 15) is 18.0 Å². The van der Waals surface area contributed by atoms with E-state index < -0.39 is 15.6 Å². The molecule has 0 spiro atoms. The highest BCUT2D eigenvalue weighted by molar-refractivity contribution is 7.91. The summed E-state index contributed by atoms with van der Waals surface area (Å²) in [4.78, 5) is 22.9. The summed E-state index contributed by atoms with van der Waals surface area (Å²) in [5.74, 6) is -0.456. The SMILES string of the molecule is CC(C)OCCCCC(=O)CCCCC(=O)CS(C)(=O)=O. The van der Waals surface area contributed by atoms with Crippen molar-refractivity contribution in [3.8, 4) is 0 Å². The summed E-state index contributed by atoms with van der Waals surface area (Å²) in [6.07, 6.45) is 5.49. The number of sulfone groups is 1. The first kappa shape index (κ1) is 20.2. The van der Waals surface area contributed by atoms with Gasteiger partial charge in [0.05, 0.1) is 6.10 Å². The van der Waals surface area contributed by atoms with Crippen LogP contribution >= 0.6 is 0 Å². The predicted octanol–water partition coefficient (Wildman–Crippen LogP) is 2.32. The van der Waals surface area contributed by atoms with Gasteiger partial charge in [-0.25, -0.2) is 8.42 Å². The number of carbonyl (C=O) groups is 2. The average Bonchev–Trinajstić information content (AvgIpc) is 2.31. The molecule has 0 saturated carbocycles. The molecular formula is C15H28O5S. The first-order valence-electron chi connectivity index (χ1n) is 7.53. The molecule has 5 nitrogen and oxygen atoms in total. The minimum Gasteiger partial charge on any atom is -0.379 e. The van der Waals surface area contributed by atoms with Gasteiger partial charge in [0.15, 0.2) is 9.84 Å². The maximum Gasteiger partial charge on any atom is 0.154 e. The number of hydrogen-bond donors (Lipinski definition) is 0. The molecule has 0 aromatic rings. The van der Waals surface area contributed by atoms with Crippen molar-refractivity contribution in [2.45, 2.75) is 64.9 Å². The maximum absolute atomic E-state index is 11.6. The van der Waals surface area contributed by atoms with Crippen LogP contribution in [0, 0.1) is 0 Å². The molecule has 0 heterocycles. The van der Waals surface area contributed by atoms with E-state index in [4.69, 9.17) is 4.74 Å². The molecular weight excluding hydrogens is 292 g/mol. The summed E-state index contributed by atoms with van der Waals surface area (Å²) in [7, 11) is -3.23. The second kappa shape index (κ2) is 10.9. The highest BCUT2D eigenvalue weighted by Crippen LogP contribution is 2.07. The van der Waals surface area contributed by atoms with E-state index in [1.165, 1.54) is 0 Å². The lowest BCUT2D eigenvalue weighted by molar-refractivity contribution is -0.120. The third kappa shape index (κ3) is 15.5. The van der Waals surface area contributed by atoms with E-state index in [2.05, 4.69) is 0 Å². The minimum absolute atomic E-state index is 0.204. The molecule has 0 rings (SSSR count). The van der Waals surface area contributed by atoms with Gasteiger partial charge in [0, 0.05) is 32.1 Å². The molecule has 0 aromatic heterocycles. The summed E-state index contributed by atoms with van der Waals surface area (Å²) in [6, 6.07) is 0. The van der Waals surface area contributed by atoms with Crippen LogP contribution in [0.15, 0.2) is 0 Å². The third-order valence-electron chi connectivity index (χ3n) is 2.89. The van der Waals surface area contributed by atoms with Gasteiger partial charge in [-0.3, -0.25) is 9.59 Å². The van der Waals surface area contributed by atoms with E-state index in [1.54, 1.807) is 0 Å². The van der Waals surface area contributed by atoms with Crippen LogP contribution in [-0.4, -0.2) is 44.7 Å². The number of ketones is 2. The molecule has 124 valence electrons. The number of hydrogen-bond acceptors (Lipinski definition) is 5. The van der Waals surface area contributed by atoms with Gasteiger partial charge >= 0.3 is 0 Å². The Balaban J connectivity index is 3.52. The maximum atomic E-state index is 11.6. The van der Waals surface area contributed by atoms with E-state index >= 15 is 0 Å². The van der Waals surface area contributed by atoms with Crippen molar-refractivity contribution in [2.75, 3.05) is 18.6 Å². The van der Waals surface area contributed by atoms with Crippen molar-refractivity contribution in [3.05, 3.63) is 0 Å². The Labute approximate surface area is 128 Å². The highest BCUT2D eigenvalue weighted by Gasteiger charge is 2.10. The predicted molar refractivity (Wildman–Crippen MR) is 83.1 cm³/mol. The average molecular weight is 320 g/mol. The first-order valence-corrected chi connectivity index (χ1v) is 9.59.